The number of nitrogens with one attached hydrogen (secondary N) is 2. The molecule has 0 amide bonds. The van der Waals surface area contributed by atoms with Gasteiger partial charge in [-0.15, -0.1) is 0 Å². The number of sulfonamides is 1. The molecule has 1 heterocycles. The Bertz CT molecular complexity index is 1300. The molecule has 3 aromatic rings. The first-order valence-electron chi connectivity index (χ1n) is 11.7. The number of anilines is 1. The predicted molar refractivity (Wildman–Crippen MR) is 147 cm³/mol. The zero-order valence-corrected chi connectivity index (χ0v) is 22.2. The minimum atomic E-state index is -3.58. The van der Waals surface area contributed by atoms with Crippen molar-refractivity contribution in [3.63, 3.8) is 0 Å². The monoisotopic (exact) mass is 515 g/mol. The number of nitrogens with zero attached hydrogens (tertiary/aromatic N) is 3. The fourth-order valence-electron chi connectivity index (χ4n) is 3.83. The molecule has 0 spiro atoms. The summed E-state index contributed by atoms with van der Waals surface area (Å²) < 4.78 is 35.6. The van der Waals surface area contributed by atoms with Gasteiger partial charge in [-0.25, -0.2) is 8.42 Å². The van der Waals surface area contributed by atoms with E-state index in [1.807, 2.05) is 68.9 Å². The first kappa shape index (κ1) is 26.7. The van der Waals surface area contributed by atoms with Crippen molar-refractivity contribution < 1.29 is 13.2 Å². The minimum Gasteiger partial charge on any atom is -0.492 e. The fraction of sp³-hybridized carbons (Fsp3) is 0.360. The lowest BCUT2D eigenvalue weighted by molar-refractivity contribution is 0.342. The number of benzene rings is 2. The molecule has 0 fully saturated rings. The maximum Gasteiger partial charge on any atom is 0.243 e. The van der Waals surface area contributed by atoms with Crippen LogP contribution in [0.3, 0.4) is 0 Å². The van der Waals surface area contributed by atoms with E-state index < -0.39 is 10.0 Å². The maximum atomic E-state index is 13.3. The summed E-state index contributed by atoms with van der Waals surface area (Å²) in [7, 11) is -1.67. The van der Waals surface area contributed by atoms with Crippen LogP contribution < -0.4 is 15.5 Å². The number of hydrogen-bond acceptors (Lipinski definition) is 5. The molecule has 0 saturated carbocycles. The number of aromatic nitrogens is 1. The molecule has 10 heteroatoms. The van der Waals surface area contributed by atoms with Gasteiger partial charge in [0.25, 0.3) is 0 Å². The van der Waals surface area contributed by atoms with Crippen molar-refractivity contribution >= 4 is 50.2 Å². The molecule has 2 aromatic carbocycles. The third kappa shape index (κ3) is 6.39. The third-order valence-electron chi connectivity index (χ3n) is 5.38. The second-order valence-electron chi connectivity index (χ2n) is 8.03. The van der Waals surface area contributed by atoms with Crippen molar-refractivity contribution in [1.82, 2.24) is 14.3 Å². The van der Waals surface area contributed by atoms with Crippen LogP contribution in [0, 0.1) is 0 Å². The highest BCUT2D eigenvalue weighted by Gasteiger charge is 2.24. The third-order valence-corrected chi connectivity index (χ3v) is 7.47. The molecular formula is C25H33N5O3S2. The Labute approximate surface area is 213 Å². The molecule has 0 saturated heterocycles. The van der Waals surface area contributed by atoms with Crippen LogP contribution in [-0.2, 0) is 17.1 Å². The molecule has 0 aliphatic rings. The van der Waals surface area contributed by atoms with Gasteiger partial charge in [0.1, 0.15) is 5.75 Å². The normalized spacial score (nSPS) is 11.9. The summed E-state index contributed by atoms with van der Waals surface area (Å²) >= 11 is 5.36. The lowest BCUT2D eigenvalue weighted by Gasteiger charge is -2.21. The van der Waals surface area contributed by atoms with Crippen molar-refractivity contribution in [1.29, 1.82) is 0 Å². The Morgan fingerprint density at radius 1 is 1.14 bits per heavy atom. The fourth-order valence-corrected chi connectivity index (χ4v) is 5.64. The van der Waals surface area contributed by atoms with Crippen LogP contribution in [-0.4, -0.2) is 48.3 Å². The van der Waals surface area contributed by atoms with Gasteiger partial charge < -0.3 is 14.6 Å². The van der Waals surface area contributed by atoms with Gasteiger partial charge in [-0.2, -0.15) is 9.41 Å². The summed E-state index contributed by atoms with van der Waals surface area (Å²) in [5.74, 6) is 0.700. The van der Waals surface area contributed by atoms with Crippen LogP contribution in [0.25, 0.3) is 10.9 Å². The second kappa shape index (κ2) is 12.1. The Morgan fingerprint density at radius 2 is 1.86 bits per heavy atom. The van der Waals surface area contributed by atoms with E-state index in [9.17, 15) is 8.42 Å². The minimum absolute atomic E-state index is 0.283. The lowest BCUT2D eigenvalue weighted by Crippen LogP contribution is -2.32. The molecule has 3 rings (SSSR count). The lowest BCUT2D eigenvalue weighted by atomic mass is 10.2. The molecule has 0 aliphatic heterocycles. The quantitative estimate of drug-likeness (QED) is 0.219. The molecule has 2 N–H and O–H groups in total. The van der Waals surface area contributed by atoms with E-state index in [1.165, 1.54) is 0 Å². The molecule has 35 heavy (non-hydrogen) atoms. The molecule has 0 aliphatic carbocycles. The zero-order chi connectivity index (χ0) is 25.4. The molecule has 0 unspecified atom stereocenters. The van der Waals surface area contributed by atoms with Crippen LogP contribution in [0.1, 0.15) is 39.2 Å². The van der Waals surface area contributed by atoms with Crippen molar-refractivity contribution in [3.8, 4) is 5.75 Å². The van der Waals surface area contributed by atoms with Gasteiger partial charge in [0, 0.05) is 42.8 Å². The van der Waals surface area contributed by atoms with Gasteiger partial charge in [0.2, 0.25) is 10.0 Å². The highest BCUT2D eigenvalue weighted by molar-refractivity contribution is 7.89. The van der Waals surface area contributed by atoms with Crippen molar-refractivity contribution in [3.05, 3.63) is 54.2 Å². The first-order valence-corrected chi connectivity index (χ1v) is 13.6. The van der Waals surface area contributed by atoms with E-state index in [0.29, 0.717) is 30.6 Å². The van der Waals surface area contributed by atoms with Gasteiger partial charge in [0.15, 0.2) is 5.11 Å². The highest BCUT2D eigenvalue weighted by Crippen LogP contribution is 2.26. The molecule has 1 aromatic heterocycles. The Morgan fingerprint density at radius 3 is 2.54 bits per heavy atom. The van der Waals surface area contributed by atoms with E-state index in [-0.39, 0.29) is 4.90 Å². The average molecular weight is 516 g/mol. The topological polar surface area (TPSA) is 88.0 Å². The number of aryl methyl sites for hydroxylation is 1. The Kier molecular flexibility index (Phi) is 9.25. The van der Waals surface area contributed by atoms with Crippen molar-refractivity contribution in [2.24, 2.45) is 12.1 Å². The summed E-state index contributed by atoms with van der Waals surface area (Å²) in [5, 5.41) is 8.46. The summed E-state index contributed by atoms with van der Waals surface area (Å²) in [6.07, 6.45) is 5.07. The second-order valence-corrected chi connectivity index (χ2v) is 10.4. The average Bonchev–Trinajstić information content (AvgIpc) is 3.15. The molecule has 0 bridgehead atoms. The molecule has 0 atom stereocenters. The van der Waals surface area contributed by atoms with Crippen LogP contribution in [0.2, 0.25) is 0 Å². The van der Waals surface area contributed by atoms with Crippen LogP contribution in [0.15, 0.2) is 58.7 Å². The molecule has 188 valence electrons. The van der Waals surface area contributed by atoms with Gasteiger partial charge in [0.05, 0.1) is 23.4 Å². The molecule has 0 radical (unpaired) electrons. The standard InChI is InChI=1S/C25H33N5O3S2/c1-5-14-30(15-6-2)35(31,32)20-12-13-23-21(16-20)19(18-29(23)4)17-26-28-25(34)27-22-10-8-9-11-24(22)33-7-3/h8-13,16-18H,5-7,14-15H2,1-4H3,(H2,27,28,34). The van der Waals surface area contributed by atoms with E-state index in [1.54, 1.807) is 22.7 Å². The van der Waals surface area contributed by atoms with Gasteiger partial charge in [-0.3, -0.25) is 5.43 Å². The number of hydrazone groups is 1. The number of hydrogen-bond donors (Lipinski definition) is 2. The van der Waals surface area contributed by atoms with Crippen LogP contribution >= 0.6 is 12.2 Å². The number of para-hydroxylation sites is 2. The smallest absolute Gasteiger partial charge is 0.243 e. The van der Waals surface area contributed by atoms with E-state index in [0.717, 1.165) is 35.0 Å². The van der Waals surface area contributed by atoms with E-state index in [2.05, 4.69) is 15.8 Å². The molecular weight excluding hydrogens is 482 g/mol. The number of ether oxygens (including phenoxy) is 1. The Hall–Kier alpha value is -2.95. The summed E-state index contributed by atoms with van der Waals surface area (Å²) in [6, 6.07) is 12.7. The maximum absolute atomic E-state index is 13.3. The van der Waals surface area contributed by atoms with Crippen molar-refractivity contribution in [2.45, 2.75) is 38.5 Å². The Balaban J connectivity index is 1.81. The molecule has 8 nitrogen and oxygen atoms in total. The first-order chi connectivity index (χ1) is 16.8. The zero-order valence-electron chi connectivity index (χ0n) is 20.6. The van der Waals surface area contributed by atoms with Gasteiger partial charge in [-0.05, 0) is 62.3 Å². The van der Waals surface area contributed by atoms with Crippen LogP contribution in [0.5, 0.6) is 5.75 Å². The summed E-state index contributed by atoms with van der Waals surface area (Å²) in [4.78, 5) is 0.283. The number of fused-ring (bicyclic) bond motifs is 1. The largest absolute Gasteiger partial charge is 0.492 e. The van der Waals surface area contributed by atoms with Crippen molar-refractivity contribution in [2.75, 3.05) is 25.0 Å². The number of thiocarbonyl (C=S) groups is 1. The highest BCUT2D eigenvalue weighted by atomic mass is 32.2. The van der Waals surface area contributed by atoms with E-state index >= 15 is 0 Å². The van der Waals surface area contributed by atoms with E-state index in [4.69, 9.17) is 17.0 Å². The van der Waals surface area contributed by atoms with Gasteiger partial charge in [-0.1, -0.05) is 26.0 Å². The SMILES string of the molecule is CCCN(CCC)S(=O)(=O)c1ccc2c(c1)c(C=NNC(=S)Nc1ccccc1OCC)cn2C. The van der Waals surface area contributed by atoms with Crippen LogP contribution in [0.4, 0.5) is 5.69 Å². The predicted octanol–water partition coefficient (Wildman–Crippen LogP) is 4.71. The summed E-state index contributed by atoms with van der Waals surface area (Å²) in [5.41, 5.74) is 5.25. The summed E-state index contributed by atoms with van der Waals surface area (Å²) in [6.45, 7) is 7.42. The number of rotatable bonds is 11. The van der Waals surface area contributed by atoms with Gasteiger partial charge >= 0.3 is 0 Å².